The maximum atomic E-state index is 12.1. The highest BCUT2D eigenvalue weighted by molar-refractivity contribution is 5.95. The van der Waals surface area contributed by atoms with Gasteiger partial charge in [-0.25, -0.2) is 0 Å². The summed E-state index contributed by atoms with van der Waals surface area (Å²) in [4.78, 5) is 12.1. The van der Waals surface area contributed by atoms with Gasteiger partial charge in [0.15, 0.2) is 0 Å². The van der Waals surface area contributed by atoms with E-state index in [0.29, 0.717) is 0 Å². The topological polar surface area (TPSA) is 69.8 Å². The summed E-state index contributed by atoms with van der Waals surface area (Å²) in [6.07, 6.45) is 4.41. The van der Waals surface area contributed by atoms with Crippen LogP contribution in [-0.4, -0.2) is 28.7 Å². The summed E-state index contributed by atoms with van der Waals surface area (Å²) in [6.45, 7) is 4.73. The Kier molecular flexibility index (Phi) is 3.78. The number of aromatic amines is 1. The molecule has 5 nitrogen and oxygen atoms in total. The summed E-state index contributed by atoms with van der Waals surface area (Å²) in [5.41, 5.74) is 2.56. The number of aryl methyl sites for hydroxylation is 2. The molecule has 1 unspecified atom stereocenters. The number of anilines is 1. The predicted octanol–water partition coefficient (Wildman–Crippen LogP) is 1.50. The molecule has 1 aromatic heterocycles. The fourth-order valence-corrected chi connectivity index (χ4v) is 2.20. The number of hydrogen-bond donors (Lipinski definition) is 3. The van der Waals surface area contributed by atoms with Gasteiger partial charge in [-0.3, -0.25) is 9.89 Å². The Bertz CT molecular complexity index is 372. The molecule has 1 atom stereocenters. The Morgan fingerprint density at radius 3 is 2.88 bits per heavy atom. The third-order valence-electron chi connectivity index (χ3n) is 3.25. The molecule has 5 heteroatoms. The molecule has 1 fully saturated rings. The van der Waals surface area contributed by atoms with E-state index < -0.39 is 0 Å². The Balaban J connectivity index is 2.00. The van der Waals surface area contributed by atoms with Crippen molar-refractivity contribution in [3.8, 4) is 0 Å². The molecule has 3 N–H and O–H groups in total. The van der Waals surface area contributed by atoms with E-state index in [-0.39, 0.29) is 11.9 Å². The molecule has 1 aliphatic rings. The van der Waals surface area contributed by atoms with Crippen molar-refractivity contribution < 1.29 is 4.79 Å². The van der Waals surface area contributed by atoms with Crippen molar-refractivity contribution in [2.24, 2.45) is 0 Å². The fraction of sp³-hybridized carbons (Fsp3) is 0.667. The average molecular weight is 236 g/mol. The number of H-pyrrole nitrogens is 1. The molecule has 0 aromatic carbocycles. The van der Waals surface area contributed by atoms with E-state index >= 15 is 0 Å². The van der Waals surface area contributed by atoms with Gasteiger partial charge in [-0.05, 0) is 33.2 Å². The van der Waals surface area contributed by atoms with E-state index in [1.165, 1.54) is 6.42 Å². The molecule has 1 aliphatic heterocycles. The Labute approximate surface area is 101 Å². The second-order valence-electron chi connectivity index (χ2n) is 4.65. The zero-order valence-electron chi connectivity index (χ0n) is 10.5. The number of amides is 1. The number of carbonyl (C=O) groups is 1. The largest absolute Gasteiger partial charge is 0.322 e. The van der Waals surface area contributed by atoms with Crippen molar-refractivity contribution in [2.75, 3.05) is 11.9 Å². The smallest absolute Gasteiger partial charge is 0.241 e. The van der Waals surface area contributed by atoms with Crippen molar-refractivity contribution in [3.05, 3.63) is 11.4 Å². The summed E-state index contributed by atoms with van der Waals surface area (Å²) >= 11 is 0. The van der Waals surface area contributed by atoms with E-state index in [0.717, 1.165) is 42.9 Å². The minimum Gasteiger partial charge on any atom is -0.322 e. The van der Waals surface area contributed by atoms with Crippen LogP contribution in [0.1, 0.15) is 37.1 Å². The highest BCUT2D eigenvalue weighted by Crippen LogP contribution is 2.17. The zero-order chi connectivity index (χ0) is 12.3. The lowest BCUT2D eigenvalue weighted by atomic mass is 10.1. The van der Waals surface area contributed by atoms with Crippen LogP contribution in [-0.2, 0) is 4.79 Å². The van der Waals surface area contributed by atoms with Crippen LogP contribution < -0.4 is 10.6 Å². The van der Waals surface area contributed by atoms with Crippen molar-refractivity contribution in [1.82, 2.24) is 15.5 Å². The van der Waals surface area contributed by atoms with E-state index in [1.807, 2.05) is 13.8 Å². The highest BCUT2D eigenvalue weighted by atomic mass is 16.2. The molecular formula is C12H20N4O. The first kappa shape index (κ1) is 12.1. The second-order valence-corrected chi connectivity index (χ2v) is 4.65. The Hall–Kier alpha value is -1.36. The standard InChI is InChI=1S/C12H20N4O/c1-8-11(9(2)16-15-8)14-12(17)10-6-4-3-5-7-13-10/h10,13H,3-7H2,1-2H3,(H,14,17)(H,15,16). The van der Waals surface area contributed by atoms with Crippen molar-refractivity contribution >= 4 is 11.6 Å². The third-order valence-corrected chi connectivity index (χ3v) is 3.25. The van der Waals surface area contributed by atoms with Crippen molar-refractivity contribution in [3.63, 3.8) is 0 Å². The predicted molar refractivity (Wildman–Crippen MR) is 67.0 cm³/mol. The van der Waals surface area contributed by atoms with E-state index in [2.05, 4.69) is 20.8 Å². The lowest BCUT2D eigenvalue weighted by molar-refractivity contribution is -0.118. The lowest BCUT2D eigenvalue weighted by Crippen LogP contribution is -2.40. The van der Waals surface area contributed by atoms with Gasteiger partial charge in [0.05, 0.1) is 23.1 Å². The molecule has 0 aliphatic carbocycles. The SMILES string of the molecule is Cc1n[nH]c(C)c1NC(=O)C1CCCCCN1. The first-order valence-electron chi connectivity index (χ1n) is 6.24. The molecule has 17 heavy (non-hydrogen) atoms. The molecule has 2 heterocycles. The molecule has 1 saturated heterocycles. The van der Waals surface area contributed by atoms with Gasteiger partial charge >= 0.3 is 0 Å². The summed E-state index contributed by atoms with van der Waals surface area (Å²) in [5.74, 6) is 0.0551. The van der Waals surface area contributed by atoms with Crippen LogP contribution in [0.5, 0.6) is 0 Å². The number of carbonyl (C=O) groups excluding carboxylic acids is 1. The molecule has 1 amide bonds. The van der Waals surface area contributed by atoms with Crippen LogP contribution in [0.4, 0.5) is 5.69 Å². The molecule has 94 valence electrons. The lowest BCUT2D eigenvalue weighted by Gasteiger charge is -2.15. The number of nitrogens with one attached hydrogen (secondary N) is 3. The van der Waals surface area contributed by atoms with Crippen LogP contribution in [0, 0.1) is 13.8 Å². The van der Waals surface area contributed by atoms with E-state index in [4.69, 9.17) is 0 Å². The average Bonchev–Trinajstić information content (AvgIpc) is 2.59. The number of hydrogen-bond acceptors (Lipinski definition) is 3. The molecule has 0 bridgehead atoms. The highest BCUT2D eigenvalue weighted by Gasteiger charge is 2.21. The Morgan fingerprint density at radius 1 is 1.35 bits per heavy atom. The molecule has 2 rings (SSSR count). The van der Waals surface area contributed by atoms with Gasteiger partial charge in [-0.1, -0.05) is 12.8 Å². The van der Waals surface area contributed by atoms with Crippen LogP contribution in [0.15, 0.2) is 0 Å². The van der Waals surface area contributed by atoms with Crippen molar-refractivity contribution in [1.29, 1.82) is 0 Å². The molecule has 0 radical (unpaired) electrons. The first-order chi connectivity index (χ1) is 8.18. The summed E-state index contributed by atoms with van der Waals surface area (Å²) in [6, 6.07) is -0.0637. The molecule has 0 saturated carbocycles. The monoisotopic (exact) mass is 236 g/mol. The minimum absolute atomic E-state index is 0.0551. The number of nitrogens with zero attached hydrogens (tertiary/aromatic N) is 1. The number of aromatic nitrogens is 2. The first-order valence-corrected chi connectivity index (χ1v) is 6.24. The van der Waals surface area contributed by atoms with Gasteiger partial charge in [-0.15, -0.1) is 0 Å². The molecule has 0 spiro atoms. The molecular weight excluding hydrogens is 216 g/mol. The van der Waals surface area contributed by atoms with Crippen LogP contribution in [0.3, 0.4) is 0 Å². The maximum Gasteiger partial charge on any atom is 0.241 e. The third kappa shape index (κ3) is 2.85. The summed E-state index contributed by atoms with van der Waals surface area (Å²) < 4.78 is 0. The quantitative estimate of drug-likeness (QED) is 0.728. The van der Waals surface area contributed by atoms with Gasteiger partial charge in [0, 0.05) is 0 Å². The normalized spacial score (nSPS) is 20.9. The van der Waals surface area contributed by atoms with Crippen LogP contribution >= 0.6 is 0 Å². The van der Waals surface area contributed by atoms with Crippen LogP contribution in [0.2, 0.25) is 0 Å². The van der Waals surface area contributed by atoms with Gasteiger partial charge in [0.25, 0.3) is 0 Å². The minimum atomic E-state index is -0.0637. The van der Waals surface area contributed by atoms with E-state index in [1.54, 1.807) is 0 Å². The van der Waals surface area contributed by atoms with Crippen molar-refractivity contribution in [2.45, 2.75) is 45.6 Å². The summed E-state index contributed by atoms with van der Waals surface area (Å²) in [5, 5.41) is 13.2. The number of rotatable bonds is 2. The second kappa shape index (κ2) is 5.31. The molecule has 1 aromatic rings. The zero-order valence-corrected chi connectivity index (χ0v) is 10.5. The van der Waals surface area contributed by atoms with Gasteiger partial charge in [-0.2, -0.15) is 5.10 Å². The van der Waals surface area contributed by atoms with E-state index in [9.17, 15) is 4.79 Å². The maximum absolute atomic E-state index is 12.1. The van der Waals surface area contributed by atoms with Gasteiger partial charge < -0.3 is 10.6 Å². The fourth-order valence-electron chi connectivity index (χ4n) is 2.20. The van der Waals surface area contributed by atoms with Gasteiger partial charge in [0.1, 0.15) is 0 Å². The van der Waals surface area contributed by atoms with Gasteiger partial charge in [0.2, 0.25) is 5.91 Å². The van der Waals surface area contributed by atoms with Crippen LogP contribution in [0.25, 0.3) is 0 Å². The summed E-state index contributed by atoms with van der Waals surface area (Å²) in [7, 11) is 0. The Morgan fingerprint density at radius 2 is 2.18 bits per heavy atom.